The van der Waals surface area contributed by atoms with Crippen molar-refractivity contribution in [1.82, 2.24) is 0 Å². The normalized spacial score (nSPS) is 13.1. The quantitative estimate of drug-likeness (QED) is 0.642. The number of rotatable bonds is 4. The molecule has 0 saturated heterocycles. The van der Waals surface area contributed by atoms with Gasteiger partial charge in [0.15, 0.2) is 6.61 Å². The highest BCUT2D eigenvalue weighted by molar-refractivity contribution is 5.98. The molecule has 3 rings (SSSR count). The fourth-order valence-electron chi connectivity index (χ4n) is 2.70. The van der Waals surface area contributed by atoms with Crippen LogP contribution in [0.15, 0.2) is 54.6 Å². The lowest BCUT2D eigenvalue weighted by Gasteiger charge is -2.16. The molecule has 122 valence electrons. The molecule has 4 nitrogen and oxygen atoms in total. The molecule has 1 aliphatic rings. The third-order valence-corrected chi connectivity index (χ3v) is 4.02. The monoisotopic (exact) mass is 321 g/mol. The van der Waals surface area contributed by atoms with Gasteiger partial charge in [-0.2, -0.15) is 0 Å². The second-order valence-corrected chi connectivity index (χ2v) is 5.78. The number of carbonyl (C=O) groups excluding carboxylic acids is 2. The molecule has 0 radical (unpaired) electrons. The van der Waals surface area contributed by atoms with Crippen LogP contribution in [0, 0.1) is 6.92 Å². The predicted molar refractivity (Wildman–Crippen MR) is 93.7 cm³/mol. The Morgan fingerprint density at radius 2 is 1.88 bits per heavy atom. The Hall–Kier alpha value is -2.88. The lowest BCUT2D eigenvalue weighted by Crippen LogP contribution is -2.33. The molecule has 0 aliphatic carbocycles. The highest BCUT2D eigenvalue weighted by Gasteiger charge is 2.24. The lowest BCUT2D eigenvalue weighted by molar-refractivity contribution is -0.142. The van der Waals surface area contributed by atoms with Crippen LogP contribution in [0.2, 0.25) is 0 Å². The van der Waals surface area contributed by atoms with Crippen molar-refractivity contribution in [2.24, 2.45) is 0 Å². The third-order valence-electron chi connectivity index (χ3n) is 4.02. The van der Waals surface area contributed by atoms with Crippen LogP contribution in [0.5, 0.6) is 0 Å². The topological polar surface area (TPSA) is 46.6 Å². The minimum atomic E-state index is -0.517. The van der Waals surface area contributed by atoms with Crippen molar-refractivity contribution in [2.75, 3.05) is 18.1 Å². The first-order chi connectivity index (χ1) is 11.6. The molecule has 24 heavy (non-hydrogen) atoms. The molecule has 0 spiro atoms. The third kappa shape index (κ3) is 3.71. The van der Waals surface area contributed by atoms with E-state index >= 15 is 0 Å². The van der Waals surface area contributed by atoms with Crippen molar-refractivity contribution in [3.8, 4) is 0 Å². The molecule has 2 aromatic carbocycles. The first-order valence-corrected chi connectivity index (χ1v) is 7.93. The number of para-hydroxylation sites is 1. The molecular formula is C20H19NO3. The average Bonchev–Trinajstić information content (AvgIpc) is 3.03. The number of anilines is 1. The maximum Gasteiger partial charge on any atom is 0.331 e. The smallest absolute Gasteiger partial charge is 0.331 e. The van der Waals surface area contributed by atoms with Crippen molar-refractivity contribution in [3.05, 3.63) is 71.3 Å². The van der Waals surface area contributed by atoms with Gasteiger partial charge in [0.25, 0.3) is 5.91 Å². The van der Waals surface area contributed by atoms with E-state index in [0.29, 0.717) is 6.54 Å². The van der Waals surface area contributed by atoms with Crippen LogP contribution in [0.4, 0.5) is 5.69 Å². The molecule has 1 amide bonds. The van der Waals surface area contributed by atoms with Gasteiger partial charge in [-0.05, 0) is 36.6 Å². The molecule has 0 atom stereocenters. The first kappa shape index (κ1) is 16.0. The summed E-state index contributed by atoms with van der Waals surface area (Å²) < 4.78 is 5.06. The van der Waals surface area contributed by atoms with Gasteiger partial charge < -0.3 is 9.64 Å². The van der Waals surface area contributed by atoms with Gasteiger partial charge in [-0.25, -0.2) is 4.79 Å². The maximum absolute atomic E-state index is 12.2. The lowest BCUT2D eigenvalue weighted by atomic mass is 10.1. The van der Waals surface area contributed by atoms with Crippen LogP contribution in [-0.2, 0) is 20.7 Å². The predicted octanol–water partition coefficient (Wildman–Crippen LogP) is 3.14. The van der Waals surface area contributed by atoms with E-state index in [1.54, 1.807) is 11.0 Å². The molecule has 1 aliphatic heterocycles. The highest BCUT2D eigenvalue weighted by atomic mass is 16.5. The van der Waals surface area contributed by atoms with Crippen LogP contribution in [-0.4, -0.2) is 25.0 Å². The summed E-state index contributed by atoms with van der Waals surface area (Å²) in [5.74, 6) is -0.714. The van der Waals surface area contributed by atoms with Gasteiger partial charge in [0.2, 0.25) is 0 Å². The van der Waals surface area contributed by atoms with Gasteiger partial charge in [-0.1, -0.05) is 48.0 Å². The summed E-state index contributed by atoms with van der Waals surface area (Å²) in [4.78, 5) is 25.7. The van der Waals surface area contributed by atoms with E-state index < -0.39 is 5.97 Å². The minimum absolute atomic E-state index is 0.197. The fourth-order valence-corrected chi connectivity index (χ4v) is 2.70. The van der Waals surface area contributed by atoms with Crippen LogP contribution in [0.25, 0.3) is 6.08 Å². The minimum Gasteiger partial charge on any atom is -0.452 e. The van der Waals surface area contributed by atoms with Gasteiger partial charge >= 0.3 is 5.97 Å². The molecule has 0 saturated carbocycles. The zero-order valence-corrected chi connectivity index (χ0v) is 13.6. The van der Waals surface area contributed by atoms with E-state index in [1.807, 2.05) is 55.5 Å². The number of fused-ring (bicyclic) bond motifs is 1. The summed E-state index contributed by atoms with van der Waals surface area (Å²) in [6.45, 7) is 2.39. The number of aryl methyl sites for hydroxylation is 1. The second kappa shape index (κ2) is 7.13. The molecule has 2 aromatic rings. The summed E-state index contributed by atoms with van der Waals surface area (Å²) in [7, 11) is 0. The summed E-state index contributed by atoms with van der Waals surface area (Å²) >= 11 is 0. The standard InChI is InChI=1S/C20H19NO3/c1-15-6-8-16(9-7-15)10-11-20(23)24-14-19(22)21-13-12-17-4-2-3-5-18(17)21/h2-11H,12-14H2,1H3/b11-10+. The van der Waals surface area contributed by atoms with Gasteiger partial charge in [-0.3, -0.25) is 4.79 Å². The van der Waals surface area contributed by atoms with E-state index in [-0.39, 0.29) is 12.5 Å². The summed E-state index contributed by atoms with van der Waals surface area (Å²) in [5.41, 5.74) is 4.13. The van der Waals surface area contributed by atoms with Crippen molar-refractivity contribution in [2.45, 2.75) is 13.3 Å². The number of amides is 1. The molecule has 4 heteroatoms. The number of ether oxygens (including phenoxy) is 1. The Labute approximate surface area is 141 Å². The number of hydrogen-bond donors (Lipinski definition) is 0. The molecule has 0 bridgehead atoms. The van der Waals surface area contributed by atoms with E-state index in [4.69, 9.17) is 4.74 Å². The van der Waals surface area contributed by atoms with Crippen LogP contribution in [0.1, 0.15) is 16.7 Å². The molecule has 1 heterocycles. The van der Waals surface area contributed by atoms with Crippen molar-refractivity contribution in [3.63, 3.8) is 0 Å². The van der Waals surface area contributed by atoms with E-state index in [0.717, 1.165) is 28.8 Å². The van der Waals surface area contributed by atoms with Crippen LogP contribution >= 0.6 is 0 Å². The van der Waals surface area contributed by atoms with Crippen LogP contribution in [0.3, 0.4) is 0 Å². The first-order valence-electron chi connectivity index (χ1n) is 7.93. The van der Waals surface area contributed by atoms with E-state index in [1.165, 1.54) is 6.08 Å². The average molecular weight is 321 g/mol. The number of esters is 1. The zero-order chi connectivity index (χ0) is 16.9. The van der Waals surface area contributed by atoms with Gasteiger partial charge in [0.1, 0.15) is 0 Å². The Morgan fingerprint density at radius 1 is 1.12 bits per heavy atom. The van der Waals surface area contributed by atoms with Crippen molar-refractivity contribution >= 4 is 23.6 Å². The van der Waals surface area contributed by atoms with Gasteiger partial charge in [0, 0.05) is 18.3 Å². The van der Waals surface area contributed by atoms with Gasteiger partial charge in [-0.15, -0.1) is 0 Å². The highest BCUT2D eigenvalue weighted by Crippen LogP contribution is 2.27. The number of carbonyl (C=O) groups is 2. The number of nitrogens with zero attached hydrogens (tertiary/aromatic N) is 1. The summed E-state index contributed by atoms with van der Waals surface area (Å²) in [5, 5.41) is 0. The number of benzene rings is 2. The molecule has 0 N–H and O–H groups in total. The number of hydrogen-bond acceptors (Lipinski definition) is 3. The SMILES string of the molecule is Cc1ccc(/C=C/C(=O)OCC(=O)N2CCc3ccccc32)cc1. The Balaban J connectivity index is 1.53. The Kier molecular flexibility index (Phi) is 4.75. The summed E-state index contributed by atoms with van der Waals surface area (Å²) in [6, 6.07) is 15.6. The molecule has 0 unspecified atom stereocenters. The Bertz CT molecular complexity index is 778. The van der Waals surface area contributed by atoms with Crippen LogP contribution < -0.4 is 4.90 Å². The molecule has 0 aromatic heterocycles. The molecule has 0 fully saturated rings. The fraction of sp³-hybridized carbons (Fsp3) is 0.200. The molecular weight excluding hydrogens is 302 g/mol. The van der Waals surface area contributed by atoms with Gasteiger partial charge in [0.05, 0.1) is 0 Å². The Morgan fingerprint density at radius 3 is 2.67 bits per heavy atom. The van der Waals surface area contributed by atoms with Crippen molar-refractivity contribution in [1.29, 1.82) is 0 Å². The largest absolute Gasteiger partial charge is 0.452 e. The zero-order valence-electron chi connectivity index (χ0n) is 13.6. The van der Waals surface area contributed by atoms with E-state index in [9.17, 15) is 9.59 Å². The van der Waals surface area contributed by atoms with E-state index in [2.05, 4.69) is 0 Å². The van der Waals surface area contributed by atoms with Crippen molar-refractivity contribution < 1.29 is 14.3 Å². The summed E-state index contributed by atoms with van der Waals surface area (Å²) in [6.07, 6.45) is 3.86. The second-order valence-electron chi connectivity index (χ2n) is 5.78. The maximum atomic E-state index is 12.2.